The van der Waals surface area contributed by atoms with Gasteiger partial charge in [-0.05, 0) is 12.5 Å². The second-order valence-corrected chi connectivity index (χ2v) is 3.03. The number of nitrogens with zero attached hydrogens (tertiary/aromatic N) is 1. The zero-order valence-corrected chi connectivity index (χ0v) is 7.86. The molecule has 1 aromatic rings. The molecule has 0 saturated heterocycles. The Labute approximate surface area is 81.3 Å². The third-order valence-corrected chi connectivity index (χ3v) is 2.00. The SMILES string of the molecule is Cn1cc(C=O)cc1CCC(=O)NO. The van der Waals surface area contributed by atoms with Crippen molar-refractivity contribution in [1.82, 2.24) is 10.0 Å². The van der Waals surface area contributed by atoms with Gasteiger partial charge in [0.1, 0.15) is 0 Å². The summed E-state index contributed by atoms with van der Waals surface area (Å²) < 4.78 is 1.79. The van der Waals surface area contributed by atoms with Gasteiger partial charge in [-0.1, -0.05) is 0 Å². The number of nitrogens with one attached hydrogen (secondary N) is 1. The van der Waals surface area contributed by atoms with Crippen molar-refractivity contribution in [2.45, 2.75) is 12.8 Å². The summed E-state index contributed by atoms with van der Waals surface area (Å²) in [5, 5.41) is 8.27. The van der Waals surface area contributed by atoms with Crippen LogP contribution in [0.25, 0.3) is 0 Å². The molecule has 14 heavy (non-hydrogen) atoms. The molecule has 0 saturated carbocycles. The van der Waals surface area contributed by atoms with Gasteiger partial charge in [0.25, 0.3) is 0 Å². The maximum atomic E-state index is 10.7. The van der Waals surface area contributed by atoms with E-state index in [0.717, 1.165) is 12.0 Å². The molecule has 5 heteroatoms. The molecule has 0 aromatic carbocycles. The highest BCUT2D eigenvalue weighted by Crippen LogP contribution is 2.07. The summed E-state index contributed by atoms with van der Waals surface area (Å²) in [5.74, 6) is -0.432. The van der Waals surface area contributed by atoms with Crippen molar-refractivity contribution in [2.24, 2.45) is 7.05 Å². The first-order valence-electron chi connectivity index (χ1n) is 4.20. The van der Waals surface area contributed by atoms with E-state index in [2.05, 4.69) is 0 Å². The van der Waals surface area contributed by atoms with Crippen molar-refractivity contribution in [3.05, 3.63) is 23.5 Å². The van der Waals surface area contributed by atoms with Gasteiger partial charge in [-0.2, -0.15) is 0 Å². The molecule has 76 valence electrons. The number of rotatable bonds is 4. The molecule has 5 nitrogen and oxygen atoms in total. The quantitative estimate of drug-likeness (QED) is 0.412. The average molecular weight is 196 g/mol. The maximum Gasteiger partial charge on any atom is 0.243 e. The Kier molecular flexibility index (Phi) is 3.41. The van der Waals surface area contributed by atoms with Crippen molar-refractivity contribution in [3.8, 4) is 0 Å². The number of amides is 1. The molecule has 0 atom stereocenters. The van der Waals surface area contributed by atoms with Crippen LogP contribution in [0, 0.1) is 0 Å². The van der Waals surface area contributed by atoms with Gasteiger partial charge in [0.05, 0.1) is 0 Å². The number of aryl methyl sites for hydroxylation is 2. The summed E-state index contributed by atoms with van der Waals surface area (Å²) in [6.45, 7) is 0. The number of hydrogen-bond donors (Lipinski definition) is 2. The van der Waals surface area contributed by atoms with Crippen molar-refractivity contribution in [2.75, 3.05) is 0 Å². The zero-order valence-electron chi connectivity index (χ0n) is 7.86. The van der Waals surface area contributed by atoms with Crippen LogP contribution in [0.5, 0.6) is 0 Å². The molecule has 0 fully saturated rings. The highest BCUT2D eigenvalue weighted by Gasteiger charge is 2.05. The minimum Gasteiger partial charge on any atom is -0.354 e. The Hall–Kier alpha value is -1.62. The van der Waals surface area contributed by atoms with E-state index in [1.165, 1.54) is 0 Å². The van der Waals surface area contributed by atoms with Crippen LogP contribution >= 0.6 is 0 Å². The Morgan fingerprint density at radius 2 is 2.43 bits per heavy atom. The van der Waals surface area contributed by atoms with Gasteiger partial charge >= 0.3 is 0 Å². The van der Waals surface area contributed by atoms with E-state index in [9.17, 15) is 9.59 Å². The Morgan fingerprint density at radius 1 is 1.71 bits per heavy atom. The lowest BCUT2D eigenvalue weighted by Gasteiger charge is -2.01. The first kappa shape index (κ1) is 10.5. The van der Waals surface area contributed by atoms with Crippen LogP contribution in [-0.2, 0) is 18.3 Å². The Bertz CT molecular complexity index is 344. The molecule has 0 radical (unpaired) electrons. The largest absolute Gasteiger partial charge is 0.354 e. The molecule has 1 amide bonds. The van der Waals surface area contributed by atoms with Crippen LogP contribution in [0.4, 0.5) is 0 Å². The molecule has 0 unspecified atom stereocenters. The first-order valence-corrected chi connectivity index (χ1v) is 4.20. The second-order valence-electron chi connectivity index (χ2n) is 3.03. The van der Waals surface area contributed by atoms with Gasteiger partial charge in [0.2, 0.25) is 5.91 Å². The summed E-state index contributed by atoms with van der Waals surface area (Å²) >= 11 is 0. The van der Waals surface area contributed by atoms with Gasteiger partial charge in [-0.25, -0.2) is 5.48 Å². The summed E-state index contributed by atoms with van der Waals surface area (Å²) in [7, 11) is 1.80. The predicted octanol–water partition coefficient (Wildman–Crippen LogP) is 0.276. The fraction of sp³-hybridized carbons (Fsp3) is 0.333. The van der Waals surface area contributed by atoms with Crippen LogP contribution in [0.2, 0.25) is 0 Å². The third kappa shape index (κ3) is 2.43. The summed E-state index contributed by atoms with van der Waals surface area (Å²) in [4.78, 5) is 21.2. The molecule has 1 heterocycles. The van der Waals surface area contributed by atoms with Crippen molar-refractivity contribution >= 4 is 12.2 Å². The molecular weight excluding hydrogens is 184 g/mol. The fourth-order valence-corrected chi connectivity index (χ4v) is 1.25. The molecule has 0 spiro atoms. The topological polar surface area (TPSA) is 71.3 Å². The number of carbonyl (C=O) groups is 2. The normalized spacial score (nSPS) is 9.86. The van der Waals surface area contributed by atoms with Gasteiger partial charge in [-0.3, -0.25) is 14.8 Å². The van der Waals surface area contributed by atoms with Crippen molar-refractivity contribution in [1.29, 1.82) is 0 Å². The number of aromatic nitrogens is 1. The van der Waals surface area contributed by atoms with Crippen LogP contribution in [0.15, 0.2) is 12.3 Å². The van der Waals surface area contributed by atoms with E-state index in [1.807, 2.05) is 0 Å². The summed E-state index contributed by atoms with van der Waals surface area (Å²) in [6.07, 6.45) is 3.15. The highest BCUT2D eigenvalue weighted by molar-refractivity contribution is 5.76. The molecule has 0 bridgehead atoms. The van der Waals surface area contributed by atoms with Gasteiger partial charge in [0.15, 0.2) is 6.29 Å². The van der Waals surface area contributed by atoms with E-state index < -0.39 is 5.91 Å². The lowest BCUT2D eigenvalue weighted by Crippen LogP contribution is -2.19. The maximum absolute atomic E-state index is 10.7. The van der Waals surface area contributed by atoms with Gasteiger partial charge in [-0.15, -0.1) is 0 Å². The molecule has 1 rings (SSSR count). The Morgan fingerprint density at radius 3 is 2.93 bits per heavy atom. The summed E-state index contributed by atoms with van der Waals surface area (Å²) in [5.41, 5.74) is 3.03. The molecule has 2 N–H and O–H groups in total. The first-order chi connectivity index (χ1) is 6.67. The average Bonchev–Trinajstić information content (AvgIpc) is 2.55. The predicted molar refractivity (Wildman–Crippen MR) is 49.1 cm³/mol. The Balaban J connectivity index is 2.62. The molecular formula is C9H12N2O3. The number of hydroxylamine groups is 1. The number of aldehydes is 1. The van der Waals surface area contributed by atoms with Gasteiger partial charge < -0.3 is 4.57 Å². The smallest absolute Gasteiger partial charge is 0.243 e. The van der Waals surface area contributed by atoms with Crippen LogP contribution in [0.1, 0.15) is 22.5 Å². The van der Waals surface area contributed by atoms with Crippen LogP contribution in [-0.4, -0.2) is 22.0 Å². The van der Waals surface area contributed by atoms with E-state index >= 15 is 0 Å². The molecule has 0 aliphatic carbocycles. The van der Waals surface area contributed by atoms with Crippen LogP contribution < -0.4 is 5.48 Å². The number of hydrogen-bond acceptors (Lipinski definition) is 3. The number of carbonyl (C=O) groups excluding carboxylic acids is 2. The standard InChI is InChI=1S/C9H12N2O3/c1-11-5-7(6-12)4-8(11)2-3-9(13)10-14/h4-6,14H,2-3H2,1H3,(H,10,13). The van der Waals surface area contributed by atoms with Crippen LogP contribution in [0.3, 0.4) is 0 Å². The lowest BCUT2D eigenvalue weighted by molar-refractivity contribution is -0.129. The van der Waals surface area contributed by atoms with E-state index in [1.54, 1.807) is 29.4 Å². The highest BCUT2D eigenvalue weighted by atomic mass is 16.5. The minimum atomic E-state index is -0.432. The van der Waals surface area contributed by atoms with Crippen molar-refractivity contribution < 1.29 is 14.8 Å². The van der Waals surface area contributed by atoms with E-state index in [4.69, 9.17) is 5.21 Å². The fourth-order valence-electron chi connectivity index (χ4n) is 1.25. The molecule has 0 aliphatic rings. The van der Waals surface area contributed by atoms with Crippen molar-refractivity contribution in [3.63, 3.8) is 0 Å². The summed E-state index contributed by atoms with van der Waals surface area (Å²) in [6, 6.07) is 1.72. The zero-order chi connectivity index (χ0) is 10.6. The molecule has 1 aromatic heterocycles. The lowest BCUT2D eigenvalue weighted by atomic mass is 10.2. The van der Waals surface area contributed by atoms with Gasteiger partial charge in [0, 0.05) is 30.9 Å². The van der Waals surface area contributed by atoms with E-state index in [-0.39, 0.29) is 6.42 Å². The third-order valence-electron chi connectivity index (χ3n) is 2.00. The monoisotopic (exact) mass is 196 g/mol. The van der Waals surface area contributed by atoms with E-state index in [0.29, 0.717) is 12.0 Å². The minimum absolute atomic E-state index is 0.201. The second kappa shape index (κ2) is 4.57. The molecule has 0 aliphatic heterocycles.